The van der Waals surface area contributed by atoms with E-state index in [1.807, 2.05) is 0 Å². The first-order valence-corrected chi connectivity index (χ1v) is 6.36. The zero-order valence-electron chi connectivity index (χ0n) is 11.3. The summed E-state index contributed by atoms with van der Waals surface area (Å²) in [5.41, 5.74) is 5.72. The smallest absolute Gasteiger partial charge is 0.229 e. The molecule has 1 aromatic heterocycles. The van der Waals surface area contributed by atoms with Crippen LogP contribution in [0.4, 0.5) is 0 Å². The Balaban J connectivity index is 0.00000162. The molecule has 0 amide bonds. The minimum atomic E-state index is 0. The molecule has 1 aliphatic rings. The summed E-state index contributed by atoms with van der Waals surface area (Å²) in [7, 11) is 0. The third kappa shape index (κ3) is 3.43. The van der Waals surface area contributed by atoms with Crippen LogP contribution >= 0.6 is 12.4 Å². The molecule has 1 aromatic rings. The lowest BCUT2D eigenvalue weighted by Crippen LogP contribution is -2.27. The first kappa shape index (κ1) is 15.4. The van der Waals surface area contributed by atoms with Gasteiger partial charge in [-0.1, -0.05) is 19.0 Å². The second-order valence-corrected chi connectivity index (χ2v) is 5.32. The largest absolute Gasteiger partial charge is 0.339 e. The van der Waals surface area contributed by atoms with Crippen molar-refractivity contribution < 1.29 is 4.52 Å². The number of hydrogen-bond acceptors (Lipinski definition) is 5. The van der Waals surface area contributed by atoms with E-state index in [-0.39, 0.29) is 12.4 Å². The molecule has 2 atom stereocenters. The average Bonchev–Trinajstić information content (AvgIpc) is 2.87. The molecule has 0 radical (unpaired) electrons. The predicted molar refractivity (Wildman–Crippen MR) is 72.7 cm³/mol. The van der Waals surface area contributed by atoms with Gasteiger partial charge in [0.2, 0.25) is 5.89 Å². The summed E-state index contributed by atoms with van der Waals surface area (Å²) in [6.45, 7) is 8.93. The number of hydrogen-bond donors (Lipinski definition) is 1. The van der Waals surface area contributed by atoms with Crippen LogP contribution in [0.25, 0.3) is 0 Å². The van der Waals surface area contributed by atoms with Crippen molar-refractivity contribution in [2.45, 2.75) is 45.7 Å². The van der Waals surface area contributed by atoms with Gasteiger partial charge in [0, 0.05) is 18.5 Å². The van der Waals surface area contributed by atoms with E-state index in [0.717, 1.165) is 31.3 Å². The van der Waals surface area contributed by atoms with Crippen molar-refractivity contribution in [2.75, 3.05) is 13.1 Å². The van der Waals surface area contributed by atoms with Crippen LogP contribution in [0, 0.1) is 5.92 Å². The molecule has 0 aliphatic carbocycles. The molecule has 0 saturated carbocycles. The lowest BCUT2D eigenvalue weighted by molar-refractivity contribution is 0.244. The van der Waals surface area contributed by atoms with Crippen molar-refractivity contribution in [2.24, 2.45) is 11.7 Å². The van der Waals surface area contributed by atoms with Crippen LogP contribution in [0.5, 0.6) is 0 Å². The zero-order chi connectivity index (χ0) is 12.4. The van der Waals surface area contributed by atoms with Crippen LogP contribution in [0.1, 0.15) is 44.8 Å². The van der Waals surface area contributed by atoms with Crippen LogP contribution in [0.3, 0.4) is 0 Å². The minimum absolute atomic E-state index is 0. The summed E-state index contributed by atoms with van der Waals surface area (Å²) in [5.74, 6) is 2.42. The molecule has 2 rings (SSSR count). The van der Waals surface area contributed by atoms with Gasteiger partial charge in [-0.3, -0.25) is 4.90 Å². The molecule has 0 bridgehead atoms. The molecule has 6 heteroatoms. The molecular weight excluding hydrogens is 252 g/mol. The number of halogens is 1. The quantitative estimate of drug-likeness (QED) is 0.906. The number of nitrogens with zero attached hydrogens (tertiary/aromatic N) is 3. The lowest BCUT2D eigenvalue weighted by atomic mass is 10.1. The summed E-state index contributed by atoms with van der Waals surface area (Å²) in [6, 6.07) is 0.560. The molecule has 1 fully saturated rings. The molecule has 18 heavy (non-hydrogen) atoms. The van der Waals surface area contributed by atoms with Crippen molar-refractivity contribution in [3.63, 3.8) is 0 Å². The molecule has 1 saturated heterocycles. The number of likely N-dealkylation sites (tertiary alicyclic amines) is 1. The number of aromatic nitrogens is 2. The van der Waals surface area contributed by atoms with E-state index in [0.29, 0.717) is 17.9 Å². The second kappa shape index (κ2) is 6.50. The topological polar surface area (TPSA) is 68.2 Å². The Morgan fingerprint density at radius 3 is 2.72 bits per heavy atom. The van der Waals surface area contributed by atoms with Gasteiger partial charge in [0.15, 0.2) is 5.82 Å². The van der Waals surface area contributed by atoms with Crippen molar-refractivity contribution in [1.29, 1.82) is 0 Å². The van der Waals surface area contributed by atoms with Crippen molar-refractivity contribution in [3.8, 4) is 0 Å². The maximum absolute atomic E-state index is 5.72. The lowest BCUT2D eigenvalue weighted by Gasteiger charge is -2.18. The standard InChI is InChI=1S/C12H22N4O.ClH/c1-8(2)12-14-11(15-17-12)7-16-6-10(5-13)4-9(16)3;/h8-10H,4-7,13H2,1-3H3;1H. The Morgan fingerprint density at radius 2 is 2.22 bits per heavy atom. The highest BCUT2D eigenvalue weighted by molar-refractivity contribution is 5.85. The third-order valence-corrected chi connectivity index (χ3v) is 3.45. The number of rotatable bonds is 4. The molecule has 104 valence electrons. The van der Waals surface area contributed by atoms with E-state index in [2.05, 4.69) is 35.8 Å². The van der Waals surface area contributed by atoms with Gasteiger partial charge in [0.05, 0.1) is 6.54 Å². The van der Waals surface area contributed by atoms with Crippen LogP contribution in [0.15, 0.2) is 4.52 Å². The van der Waals surface area contributed by atoms with Gasteiger partial charge in [-0.15, -0.1) is 12.4 Å². The minimum Gasteiger partial charge on any atom is -0.339 e. The SMILES string of the molecule is CC(C)c1nc(CN2CC(CN)CC2C)no1.Cl. The van der Waals surface area contributed by atoms with Crippen LogP contribution in [-0.2, 0) is 6.54 Å². The first-order valence-electron chi connectivity index (χ1n) is 6.36. The van der Waals surface area contributed by atoms with Crippen molar-refractivity contribution in [3.05, 3.63) is 11.7 Å². The highest BCUT2D eigenvalue weighted by atomic mass is 35.5. The Bertz CT molecular complexity index is 369. The van der Waals surface area contributed by atoms with Crippen molar-refractivity contribution in [1.82, 2.24) is 15.0 Å². The highest BCUT2D eigenvalue weighted by Gasteiger charge is 2.29. The van der Waals surface area contributed by atoms with Crippen LogP contribution in [0.2, 0.25) is 0 Å². The van der Waals surface area contributed by atoms with E-state index in [1.54, 1.807) is 0 Å². The van der Waals surface area contributed by atoms with Crippen LogP contribution in [-0.4, -0.2) is 34.2 Å². The molecule has 0 spiro atoms. The van der Waals surface area contributed by atoms with E-state index >= 15 is 0 Å². The van der Waals surface area contributed by atoms with Gasteiger partial charge in [-0.2, -0.15) is 4.98 Å². The zero-order valence-corrected chi connectivity index (χ0v) is 12.1. The van der Waals surface area contributed by atoms with Crippen LogP contribution < -0.4 is 5.73 Å². The summed E-state index contributed by atoms with van der Waals surface area (Å²) >= 11 is 0. The van der Waals surface area contributed by atoms with E-state index in [9.17, 15) is 0 Å². The molecule has 5 nitrogen and oxygen atoms in total. The molecule has 0 aromatic carbocycles. The summed E-state index contributed by atoms with van der Waals surface area (Å²) in [4.78, 5) is 6.79. The van der Waals surface area contributed by atoms with Gasteiger partial charge < -0.3 is 10.3 Å². The Morgan fingerprint density at radius 1 is 1.50 bits per heavy atom. The molecule has 2 N–H and O–H groups in total. The monoisotopic (exact) mass is 274 g/mol. The maximum Gasteiger partial charge on any atom is 0.229 e. The van der Waals surface area contributed by atoms with Gasteiger partial charge >= 0.3 is 0 Å². The summed E-state index contributed by atoms with van der Waals surface area (Å²) in [5, 5.41) is 4.03. The van der Waals surface area contributed by atoms with Crippen molar-refractivity contribution >= 4 is 12.4 Å². The Kier molecular flexibility index (Phi) is 5.56. The summed E-state index contributed by atoms with van der Waals surface area (Å²) in [6.07, 6.45) is 1.17. The van der Waals surface area contributed by atoms with E-state index < -0.39 is 0 Å². The molecule has 2 unspecified atom stereocenters. The fraction of sp³-hybridized carbons (Fsp3) is 0.833. The summed E-state index contributed by atoms with van der Waals surface area (Å²) < 4.78 is 5.21. The van der Waals surface area contributed by atoms with Gasteiger partial charge in [0.1, 0.15) is 0 Å². The average molecular weight is 275 g/mol. The fourth-order valence-corrected chi connectivity index (χ4v) is 2.36. The predicted octanol–water partition coefficient (Wildman–Crippen LogP) is 1.78. The van der Waals surface area contributed by atoms with E-state index in [1.165, 1.54) is 6.42 Å². The molecule has 2 heterocycles. The fourth-order valence-electron chi connectivity index (χ4n) is 2.36. The highest BCUT2D eigenvalue weighted by Crippen LogP contribution is 2.23. The second-order valence-electron chi connectivity index (χ2n) is 5.32. The van der Waals surface area contributed by atoms with Gasteiger partial charge in [0.25, 0.3) is 0 Å². The number of nitrogens with two attached hydrogens (primary N) is 1. The Labute approximate surface area is 115 Å². The third-order valence-electron chi connectivity index (χ3n) is 3.45. The first-order chi connectivity index (χ1) is 8.10. The Hall–Kier alpha value is -0.650. The molecular formula is C12H23ClN4O. The normalized spacial score (nSPS) is 24.5. The van der Waals surface area contributed by atoms with Gasteiger partial charge in [-0.25, -0.2) is 0 Å². The van der Waals surface area contributed by atoms with Gasteiger partial charge in [-0.05, 0) is 25.8 Å². The van der Waals surface area contributed by atoms with E-state index in [4.69, 9.17) is 10.3 Å². The molecule has 1 aliphatic heterocycles. The maximum atomic E-state index is 5.72.